The van der Waals surface area contributed by atoms with E-state index in [0.717, 1.165) is 0 Å². The number of hydrogen-bond donors (Lipinski definition) is 0. The summed E-state index contributed by atoms with van der Waals surface area (Å²) in [5.41, 5.74) is 1.06. The van der Waals surface area contributed by atoms with Gasteiger partial charge in [0.2, 0.25) is 0 Å². The van der Waals surface area contributed by atoms with Gasteiger partial charge in [0, 0.05) is 6.42 Å². The van der Waals surface area contributed by atoms with E-state index >= 15 is 0 Å². The second-order valence-electron chi connectivity index (χ2n) is 4.29. The van der Waals surface area contributed by atoms with Crippen molar-refractivity contribution in [2.75, 3.05) is 0 Å². The van der Waals surface area contributed by atoms with Gasteiger partial charge in [0.25, 0.3) is 0 Å². The lowest BCUT2D eigenvalue weighted by Gasteiger charge is -2.10. The van der Waals surface area contributed by atoms with Crippen molar-refractivity contribution in [2.45, 2.75) is 20.3 Å². The second kappa shape index (κ2) is 5.65. The molecule has 0 amide bonds. The van der Waals surface area contributed by atoms with Gasteiger partial charge in [0.15, 0.2) is 5.78 Å². The zero-order chi connectivity index (χ0) is 13.8. The Kier molecular flexibility index (Phi) is 3.95. The van der Waals surface area contributed by atoms with Crippen molar-refractivity contribution in [3.05, 3.63) is 59.4 Å². The maximum Gasteiger partial charge on any atom is 0.166 e. The molecule has 0 heterocycles. The molecule has 2 nitrogen and oxygen atoms in total. The lowest BCUT2D eigenvalue weighted by molar-refractivity contribution is 0.0986. The normalized spacial score (nSPS) is 10.3. The molecular weight excluding hydrogens is 243 g/mol. The minimum Gasteiger partial charge on any atom is -0.457 e. The van der Waals surface area contributed by atoms with Crippen LogP contribution in [-0.2, 0) is 0 Å². The van der Waals surface area contributed by atoms with Crippen molar-refractivity contribution in [2.24, 2.45) is 0 Å². The third kappa shape index (κ3) is 2.99. The van der Waals surface area contributed by atoms with Gasteiger partial charge >= 0.3 is 0 Å². The molecule has 0 spiro atoms. The van der Waals surface area contributed by atoms with Crippen LogP contribution in [0.1, 0.15) is 29.3 Å². The fraction of sp³-hybridized carbons (Fsp3) is 0.188. The van der Waals surface area contributed by atoms with Gasteiger partial charge in [-0.25, -0.2) is 4.39 Å². The van der Waals surface area contributed by atoms with Gasteiger partial charge in [-0.3, -0.25) is 4.79 Å². The summed E-state index contributed by atoms with van der Waals surface area (Å²) in [6.07, 6.45) is 0.419. The van der Waals surface area contributed by atoms with Crippen LogP contribution in [0, 0.1) is 12.7 Å². The van der Waals surface area contributed by atoms with Crippen molar-refractivity contribution in [3.8, 4) is 11.5 Å². The number of Topliss-reactive ketones (excluding diaryl/α,β-unsaturated/α-hetero) is 1. The average molecular weight is 258 g/mol. The van der Waals surface area contributed by atoms with Crippen LogP contribution < -0.4 is 4.74 Å². The number of para-hydroxylation sites is 1. The molecule has 0 aromatic heterocycles. The van der Waals surface area contributed by atoms with E-state index in [9.17, 15) is 9.18 Å². The van der Waals surface area contributed by atoms with Gasteiger partial charge in [0.1, 0.15) is 17.3 Å². The Hall–Kier alpha value is -2.16. The van der Waals surface area contributed by atoms with Crippen LogP contribution in [0.2, 0.25) is 0 Å². The molecule has 0 N–H and O–H groups in total. The van der Waals surface area contributed by atoms with Crippen LogP contribution in [0.4, 0.5) is 4.39 Å². The first-order valence-corrected chi connectivity index (χ1v) is 6.18. The monoisotopic (exact) mass is 258 g/mol. The molecule has 0 aliphatic rings. The number of ether oxygens (including phenoxy) is 1. The number of carbonyl (C=O) groups is 1. The highest BCUT2D eigenvalue weighted by Gasteiger charge is 2.11. The molecular formula is C16H15FO2. The van der Waals surface area contributed by atoms with Crippen LogP contribution in [0.15, 0.2) is 42.5 Å². The Balaban J connectivity index is 2.32. The van der Waals surface area contributed by atoms with E-state index in [-0.39, 0.29) is 11.6 Å². The van der Waals surface area contributed by atoms with Crippen molar-refractivity contribution in [3.63, 3.8) is 0 Å². The molecule has 0 atom stereocenters. The van der Waals surface area contributed by atoms with Gasteiger partial charge in [-0.05, 0) is 42.8 Å². The van der Waals surface area contributed by atoms with Gasteiger partial charge < -0.3 is 4.74 Å². The Morgan fingerprint density at radius 1 is 1.21 bits per heavy atom. The Bertz CT molecular complexity index is 605. The highest BCUT2D eigenvalue weighted by molar-refractivity contribution is 5.98. The van der Waals surface area contributed by atoms with E-state index in [2.05, 4.69) is 0 Å². The number of ketones is 1. The largest absolute Gasteiger partial charge is 0.457 e. The first-order valence-electron chi connectivity index (χ1n) is 6.18. The summed E-state index contributed by atoms with van der Waals surface area (Å²) in [5.74, 6) is 0.773. The third-order valence-electron chi connectivity index (χ3n) is 2.87. The van der Waals surface area contributed by atoms with Gasteiger partial charge in [-0.2, -0.15) is 0 Å². The second-order valence-corrected chi connectivity index (χ2v) is 4.29. The Morgan fingerprint density at radius 3 is 2.63 bits per heavy atom. The van der Waals surface area contributed by atoms with Crippen LogP contribution in [0.5, 0.6) is 11.5 Å². The maximum absolute atomic E-state index is 13.2. The third-order valence-corrected chi connectivity index (χ3v) is 2.87. The summed E-state index contributed by atoms with van der Waals surface area (Å²) >= 11 is 0. The molecule has 2 rings (SSSR count). The summed E-state index contributed by atoms with van der Waals surface area (Å²) in [4.78, 5) is 11.8. The molecule has 98 valence electrons. The summed E-state index contributed by atoms with van der Waals surface area (Å²) in [6, 6.07) is 11.6. The molecule has 0 bridgehead atoms. The van der Waals surface area contributed by atoms with E-state index in [4.69, 9.17) is 4.74 Å². The topological polar surface area (TPSA) is 26.3 Å². The van der Waals surface area contributed by atoms with Crippen molar-refractivity contribution in [1.82, 2.24) is 0 Å². The van der Waals surface area contributed by atoms with Crippen molar-refractivity contribution in [1.29, 1.82) is 0 Å². The SMILES string of the molecule is CCC(=O)c1ccccc1Oc1ccc(F)c(C)c1. The Morgan fingerprint density at radius 2 is 1.95 bits per heavy atom. The fourth-order valence-corrected chi connectivity index (χ4v) is 1.78. The Labute approximate surface area is 111 Å². The number of benzene rings is 2. The van der Waals surface area contributed by atoms with E-state index < -0.39 is 0 Å². The number of carbonyl (C=O) groups excluding carboxylic acids is 1. The zero-order valence-electron chi connectivity index (χ0n) is 10.9. The lowest BCUT2D eigenvalue weighted by Crippen LogP contribution is -2.00. The lowest BCUT2D eigenvalue weighted by atomic mass is 10.1. The molecule has 0 fully saturated rings. The molecule has 0 aliphatic heterocycles. The van der Waals surface area contributed by atoms with Crippen molar-refractivity contribution < 1.29 is 13.9 Å². The van der Waals surface area contributed by atoms with E-state index in [1.807, 2.05) is 0 Å². The van der Waals surface area contributed by atoms with E-state index in [0.29, 0.717) is 29.0 Å². The van der Waals surface area contributed by atoms with Crippen LogP contribution >= 0.6 is 0 Å². The van der Waals surface area contributed by atoms with Crippen LogP contribution in [0.25, 0.3) is 0 Å². The molecule has 0 saturated heterocycles. The number of halogens is 1. The van der Waals surface area contributed by atoms with Crippen LogP contribution in [0.3, 0.4) is 0 Å². The first kappa shape index (κ1) is 13.3. The predicted molar refractivity (Wildman–Crippen MR) is 72.3 cm³/mol. The fourth-order valence-electron chi connectivity index (χ4n) is 1.78. The average Bonchev–Trinajstić information content (AvgIpc) is 2.43. The highest BCUT2D eigenvalue weighted by atomic mass is 19.1. The molecule has 0 saturated carbocycles. The molecule has 2 aromatic rings. The highest BCUT2D eigenvalue weighted by Crippen LogP contribution is 2.27. The molecule has 19 heavy (non-hydrogen) atoms. The molecule has 0 aliphatic carbocycles. The quantitative estimate of drug-likeness (QED) is 0.754. The van der Waals surface area contributed by atoms with E-state index in [1.54, 1.807) is 50.2 Å². The van der Waals surface area contributed by atoms with Gasteiger partial charge in [-0.1, -0.05) is 19.1 Å². The predicted octanol–water partition coefficient (Wildman–Crippen LogP) is 4.52. The smallest absolute Gasteiger partial charge is 0.166 e. The van der Waals surface area contributed by atoms with E-state index in [1.165, 1.54) is 6.07 Å². The summed E-state index contributed by atoms with van der Waals surface area (Å²) in [7, 11) is 0. The number of rotatable bonds is 4. The van der Waals surface area contributed by atoms with Crippen LogP contribution in [-0.4, -0.2) is 5.78 Å². The van der Waals surface area contributed by atoms with Gasteiger partial charge in [0.05, 0.1) is 5.56 Å². The molecule has 3 heteroatoms. The maximum atomic E-state index is 13.2. The first-order chi connectivity index (χ1) is 9.11. The summed E-state index contributed by atoms with van der Waals surface area (Å²) in [6.45, 7) is 3.48. The minimum absolute atomic E-state index is 0.0226. The molecule has 0 radical (unpaired) electrons. The number of aryl methyl sites for hydroxylation is 1. The molecule has 0 unspecified atom stereocenters. The van der Waals surface area contributed by atoms with Gasteiger partial charge in [-0.15, -0.1) is 0 Å². The molecule has 2 aromatic carbocycles. The zero-order valence-corrected chi connectivity index (χ0v) is 10.9. The van der Waals surface area contributed by atoms with Crippen molar-refractivity contribution >= 4 is 5.78 Å². The summed E-state index contributed by atoms with van der Waals surface area (Å²) < 4.78 is 18.9. The minimum atomic E-state index is -0.273. The standard InChI is InChI=1S/C16H15FO2/c1-3-15(18)13-6-4-5-7-16(13)19-12-8-9-14(17)11(2)10-12/h4-10H,3H2,1-2H3. The summed E-state index contributed by atoms with van der Waals surface area (Å²) in [5, 5.41) is 0. The number of hydrogen-bond acceptors (Lipinski definition) is 2.